The molecule has 1 aromatic heterocycles. The van der Waals surface area contributed by atoms with E-state index < -0.39 is 0 Å². The fourth-order valence-electron chi connectivity index (χ4n) is 4.72. The number of nitrogens with one attached hydrogen (secondary N) is 1. The number of nitrogens with two attached hydrogens (primary N) is 1. The minimum atomic E-state index is 0.110. The van der Waals surface area contributed by atoms with E-state index in [4.69, 9.17) is 22.7 Å². The van der Waals surface area contributed by atoms with Gasteiger partial charge in [-0.25, -0.2) is 9.97 Å². The summed E-state index contributed by atoms with van der Waals surface area (Å²) in [6.07, 6.45) is 7.75. The van der Waals surface area contributed by atoms with Gasteiger partial charge in [-0.3, -0.25) is 9.69 Å². The van der Waals surface area contributed by atoms with Crippen LogP contribution in [0.4, 0.5) is 5.95 Å². The number of carbonyl (C=O) groups is 1. The lowest BCUT2D eigenvalue weighted by atomic mass is 9.87. The largest absolute Gasteiger partial charge is 0.368 e. The minimum absolute atomic E-state index is 0.110. The van der Waals surface area contributed by atoms with Gasteiger partial charge in [0.25, 0.3) is 0 Å². The van der Waals surface area contributed by atoms with Crippen LogP contribution in [0.15, 0.2) is 36.7 Å². The van der Waals surface area contributed by atoms with Gasteiger partial charge in [0.05, 0.1) is 0 Å². The summed E-state index contributed by atoms with van der Waals surface area (Å²) in [6.45, 7) is 4.12. The second-order valence-corrected chi connectivity index (χ2v) is 9.36. The molecule has 2 aliphatic heterocycles. The third-order valence-corrected chi connectivity index (χ3v) is 6.93. The molecule has 0 radical (unpaired) electrons. The lowest BCUT2D eigenvalue weighted by Gasteiger charge is -2.37. The van der Waals surface area contributed by atoms with Crippen molar-refractivity contribution in [3.05, 3.63) is 52.8 Å². The zero-order valence-electron chi connectivity index (χ0n) is 18.3. The maximum absolute atomic E-state index is 13.1. The zero-order valence-corrected chi connectivity index (χ0v) is 19.1. The number of amides is 1. The molecule has 0 spiro atoms. The summed E-state index contributed by atoms with van der Waals surface area (Å²) in [6, 6.07) is 7.73. The van der Waals surface area contributed by atoms with E-state index in [0.29, 0.717) is 18.3 Å². The van der Waals surface area contributed by atoms with Gasteiger partial charge in [0.2, 0.25) is 11.9 Å². The van der Waals surface area contributed by atoms with Crippen molar-refractivity contribution < 1.29 is 4.79 Å². The number of halogens is 1. The number of benzene rings is 1. The quantitative estimate of drug-likeness (QED) is 0.651. The summed E-state index contributed by atoms with van der Waals surface area (Å²) < 4.78 is 0. The molecule has 2 aromatic rings. The lowest BCUT2D eigenvalue weighted by molar-refractivity contribution is -0.138. The molecular weight excluding hydrogens is 424 g/mol. The van der Waals surface area contributed by atoms with Crippen LogP contribution in [0, 0.1) is 17.2 Å². The number of carbonyl (C=O) groups excluding carboxylic acids is 1. The van der Waals surface area contributed by atoms with Crippen molar-refractivity contribution in [2.24, 2.45) is 11.8 Å². The molecule has 8 heteroatoms. The van der Waals surface area contributed by atoms with Crippen molar-refractivity contribution in [2.75, 3.05) is 31.9 Å². The molecule has 4 rings (SSSR count). The van der Waals surface area contributed by atoms with Crippen LogP contribution in [0.1, 0.15) is 36.8 Å². The number of piperidine rings is 2. The van der Waals surface area contributed by atoms with Gasteiger partial charge in [0, 0.05) is 66.6 Å². The van der Waals surface area contributed by atoms with E-state index in [2.05, 4.69) is 14.9 Å². The van der Waals surface area contributed by atoms with Crippen LogP contribution in [0.2, 0.25) is 5.02 Å². The number of hydrogen-bond acceptors (Lipinski definition) is 6. The average molecular weight is 455 g/mol. The number of aromatic nitrogens is 2. The van der Waals surface area contributed by atoms with Gasteiger partial charge < -0.3 is 16.0 Å². The first-order valence-electron chi connectivity index (χ1n) is 11.4. The predicted octanol–water partition coefficient (Wildman–Crippen LogP) is 3.43. The Morgan fingerprint density at radius 3 is 2.19 bits per heavy atom. The van der Waals surface area contributed by atoms with Gasteiger partial charge in [-0.15, -0.1) is 0 Å². The second kappa shape index (κ2) is 10.4. The summed E-state index contributed by atoms with van der Waals surface area (Å²) >= 11 is 5.95. The van der Waals surface area contributed by atoms with E-state index in [1.165, 1.54) is 0 Å². The van der Waals surface area contributed by atoms with Crippen LogP contribution in [-0.4, -0.2) is 57.6 Å². The van der Waals surface area contributed by atoms with Crippen molar-refractivity contribution >= 4 is 29.2 Å². The summed E-state index contributed by atoms with van der Waals surface area (Å²) in [4.78, 5) is 25.5. The molecule has 3 heterocycles. The molecule has 3 N–H and O–H groups in total. The number of anilines is 1. The minimum Gasteiger partial charge on any atom is -0.368 e. The standard InChI is InChI=1S/C24H31ClN6O/c25-21-3-1-17(2-4-21)13-22(26)19-7-11-31(12-8-19)23(32)20-5-9-30(10-6-20)16-18-14-28-24(27)29-15-18/h1-4,14-15,19-20,26H,5-13,16H2,(H2,27,28,29). The van der Waals surface area contributed by atoms with Crippen molar-refractivity contribution in [2.45, 2.75) is 38.6 Å². The van der Waals surface area contributed by atoms with Crippen molar-refractivity contribution in [1.82, 2.24) is 19.8 Å². The Morgan fingerprint density at radius 2 is 1.56 bits per heavy atom. The molecule has 0 aliphatic carbocycles. The molecule has 2 aliphatic rings. The van der Waals surface area contributed by atoms with E-state index >= 15 is 0 Å². The number of hydrogen-bond donors (Lipinski definition) is 2. The van der Waals surface area contributed by atoms with E-state index in [9.17, 15) is 4.79 Å². The normalized spacial score (nSPS) is 18.6. The van der Waals surface area contributed by atoms with Gasteiger partial charge in [-0.2, -0.15) is 0 Å². The van der Waals surface area contributed by atoms with Crippen LogP contribution >= 0.6 is 11.6 Å². The summed E-state index contributed by atoms with van der Waals surface area (Å²) in [5.41, 5.74) is 8.48. The number of rotatable bonds is 6. The number of nitrogens with zero attached hydrogens (tertiary/aromatic N) is 4. The first-order valence-corrected chi connectivity index (χ1v) is 11.7. The molecule has 1 aromatic carbocycles. The third kappa shape index (κ3) is 5.84. The van der Waals surface area contributed by atoms with Crippen LogP contribution in [0.3, 0.4) is 0 Å². The highest BCUT2D eigenvalue weighted by Gasteiger charge is 2.31. The fraction of sp³-hybridized carbons (Fsp3) is 0.500. The molecule has 2 fully saturated rings. The summed E-state index contributed by atoms with van der Waals surface area (Å²) in [5.74, 6) is 0.961. The number of likely N-dealkylation sites (tertiary alicyclic amines) is 2. The van der Waals surface area contributed by atoms with Gasteiger partial charge in [-0.05, 0) is 56.5 Å². The topological polar surface area (TPSA) is 99.2 Å². The predicted molar refractivity (Wildman–Crippen MR) is 127 cm³/mol. The second-order valence-electron chi connectivity index (χ2n) is 8.93. The highest BCUT2D eigenvalue weighted by Crippen LogP contribution is 2.26. The Kier molecular flexibility index (Phi) is 7.37. The molecule has 0 saturated carbocycles. The molecule has 0 atom stereocenters. The van der Waals surface area contributed by atoms with Crippen LogP contribution in [0.5, 0.6) is 0 Å². The Labute approximate surface area is 194 Å². The van der Waals surface area contributed by atoms with E-state index in [1.54, 1.807) is 12.4 Å². The molecule has 1 amide bonds. The molecular formula is C24H31ClN6O. The summed E-state index contributed by atoms with van der Waals surface area (Å²) in [7, 11) is 0. The van der Waals surface area contributed by atoms with Crippen molar-refractivity contribution in [3.8, 4) is 0 Å². The van der Waals surface area contributed by atoms with E-state index in [1.807, 2.05) is 29.2 Å². The Bertz CT molecular complexity index is 917. The van der Waals surface area contributed by atoms with Gasteiger partial charge in [-0.1, -0.05) is 23.7 Å². The molecule has 7 nitrogen and oxygen atoms in total. The molecule has 0 bridgehead atoms. The van der Waals surface area contributed by atoms with Crippen molar-refractivity contribution in [3.63, 3.8) is 0 Å². The average Bonchev–Trinajstić information content (AvgIpc) is 2.82. The Hall–Kier alpha value is -2.51. The molecule has 170 valence electrons. The first kappa shape index (κ1) is 22.7. The molecule has 2 saturated heterocycles. The monoisotopic (exact) mass is 454 g/mol. The van der Waals surface area contributed by atoms with Crippen molar-refractivity contribution in [1.29, 1.82) is 5.41 Å². The van der Waals surface area contributed by atoms with E-state index in [0.717, 1.165) is 80.3 Å². The lowest BCUT2D eigenvalue weighted by Crippen LogP contribution is -2.46. The maximum Gasteiger partial charge on any atom is 0.225 e. The number of nitrogen functional groups attached to an aromatic ring is 1. The van der Waals surface area contributed by atoms with Crippen LogP contribution in [0.25, 0.3) is 0 Å². The smallest absolute Gasteiger partial charge is 0.225 e. The van der Waals surface area contributed by atoms with Gasteiger partial charge in [0.1, 0.15) is 0 Å². The SMILES string of the molecule is N=C(Cc1ccc(Cl)cc1)C1CCN(C(=O)C2CCN(Cc3cnc(N)nc3)CC2)CC1. The highest BCUT2D eigenvalue weighted by molar-refractivity contribution is 6.30. The highest BCUT2D eigenvalue weighted by atomic mass is 35.5. The maximum atomic E-state index is 13.1. The Balaban J connectivity index is 1.20. The zero-order chi connectivity index (χ0) is 22.5. The van der Waals surface area contributed by atoms with Gasteiger partial charge in [0.15, 0.2) is 0 Å². The molecule has 32 heavy (non-hydrogen) atoms. The van der Waals surface area contributed by atoms with Gasteiger partial charge >= 0.3 is 0 Å². The van der Waals surface area contributed by atoms with E-state index in [-0.39, 0.29) is 11.8 Å². The fourth-order valence-corrected chi connectivity index (χ4v) is 4.84. The summed E-state index contributed by atoms with van der Waals surface area (Å²) in [5, 5.41) is 9.23. The Morgan fingerprint density at radius 1 is 0.969 bits per heavy atom. The van der Waals surface area contributed by atoms with Crippen LogP contribution < -0.4 is 5.73 Å². The first-order chi connectivity index (χ1) is 15.5. The third-order valence-electron chi connectivity index (χ3n) is 6.68. The van der Waals surface area contributed by atoms with Crippen LogP contribution in [-0.2, 0) is 17.8 Å². The molecule has 0 unspecified atom stereocenters.